The fourth-order valence-electron chi connectivity index (χ4n) is 8.85. The van der Waals surface area contributed by atoms with Crippen LogP contribution in [0.3, 0.4) is 0 Å². The van der Waals surface area contributed by atoms with Crippen molar-refractivity contribution >= 4 is 64.1 Å². The minimum atomic E-state index is -0.506. The molecule has 3 amide bonds. The summed E-state index contributed by atoms with van der Waals surface area (Å²) in [7, 11) is 1.51. The number of aromatic nitrogens is 1. The van der Waals surface area contributed by atoms with Crippen LogP contribution in [0.4, 0.5) is 11.4 Å². The second-order valence-corrected chi connectivity index (χ2v) is 16.0. The number of amides is 3. The molecule has 8 rings (SSSR count). The molecule has 3 fully saturated rings. The summed E-state index contributed by atoms with van der Waals surface area (Å²) in [6.45, 7) is 3.64. The zero-order valence-electron chi connectivity index (χ0n) is 30.1. The van der Waals surface area contributed by atoms with Gasteiger partial charge in [-0.25, -0.2) is 9.59 Å². The third-order valence-corrected chi connectivity index (χ3v) is 13.5. The summed E-state index contributed by atoms with van der Waals surface area (Å²) in [6, 6.07) is 18.2. The Morgan fingerprint density at radius 3 is 2.11 bits per heavy atom. The molecular weight excluding hydrogens is 747 g/mol. The van der Waals surface area contributed by atoms with E-state index < -0.39 is 29.7 Å². The van der Waals surface area contributed by atoms with E-state index in [1.54, 1.807) is 80.2 Å². The minimum Gasteiger partial charge on any atom is -0.493 e. The molecule has 2 N–H and O–H groups in total. The number of fused-ring (bicyclic) bond motifs is 9. The predicted octanol–water partition coefficient (Wildman–Crippen LogP) is 5.49. The van der Waals surface area contributed by atoms with Crippen molar-refractivity contribution in [3.63, 3.8) is 0 Å². The molecule has 4 aliphatic rings. The van der Waals surface area contributed by atoms with Crippen molar-refractivity contribution in [2.24, 2.45) is 29.6 Å². The Bertz CT molecular complexity index is 2250. The van der Waals surface area contributed by atoms with Gasteiger partial charge in [-0.1, -0.05) is 17.4 Å². The molecule has 15 heteroatoms. The third kappa shape index (κ3) is 6.38. The van der Waals surface area contributed by atoms with Gasteiger partial charge in [0.05, 0.1) is 54.0 Å². The van der Waals surface area contributed by atoms with Gasteiger partial charge in [-0.05, 0) is 104 Å². The number of H-pyrrole nitrogens is 1. The smallest absolute Gasteiger partial charge is 0.338 e. The molecular formula is C40H37N3O10S2. The van der Waals surface area contributed by atoms with Crippen LogP contribution in [0.2, 0.25) is 0 Å². The zero-order chi connectivity index (χ0) is 38.5. The maximum Gasteiger partial charge on any atom is 0.338 e. The number of nitrogens with one attached hydrogen (secondary N) is 2. The standard InChI is InChI=1S/C40H37N3O10S2/c1-4-51-38(47)19-6-11-22(12-7-19)41-28(44)18-53-26-15-10-21(16-27(26)50-3)29-30-24-17-25(33(30)54-35-34(29)55-40(49)42-35)32-31(24)36(45)43(37(32)46)23-13-8-20(9-14-23)39(48)52-5-2/h6-16,24-25,29-33H,4-5,17-18H2,1-3H3,(H,41,44)(H,42,49)/t24-,25-,29-,30?,31?,32?,33?/m1/s1. The lowest BCUT2D eigenvalue weighted by molar-refractivity contribution is -0.123. The van der Waals surface area contributed by atoms with E-state index in [1.807, 2.05) is 12.1 Å². The molecule has 0 radical (unpaired) electrons. The Kier molecular flexibility index (Phi) is 9.76. The maximum atomic E-state index is 14.2. The number of carbonyl (C=O) groups excluding carboxylic acids is 5. The van der Waals surface area contributed by atoms with E-state index in [1.165, 1.54) is 12.0 Å². The van der Waals surface area contributed by atoms with E-state index in [9.17, 15) is 28.8 Å². The lowest BCUT2D eigenvalue weighted by atomic mass is 9.68. The van der Waals surface area contributed by atoms with E-state index in [2.05, 4.69) is 10.3 Å². The van der Waals surface area contributed by atoms with Crippen LogP contribution in [0.1, 0.15) is 57.3 Å². The minimum absolute atomic E-state index is 0.0196. The molecule has 1 aromatic heterocycles. The molecule has 3 heterocycles. The summed E-state index contributed by atoms with van der Waals surface area (Å²) >= 11 is 2.75. The van der Waals surface area contributed by atoms with Crippen LogP contribution in [0.15, 0.2) is 76.6 Å². The number of hydrogen-bond acceptors (Lipinski definition) is 12. The number of methoxy groups -OCH3 is 1. The highest BCUT2D eigenvalue weighted by atomic mass is 32.2. The van der Waals surface area contributed by atoms with Gasteiger partial charge in [0.15, 0.2) is 18.1 Å². The first-order valence-corrected chi connectivity index (χ1v) is 19.7. The van der Waals surface area contributed by atoms with Crippen molar-refractivity contribution in [1.29, 1.82) is 0 Å². The number of anilines is 2. The summed E-state index contributed by atoms with van der Waals surface area (Å²) in [5, 5.41) is 3.51. The first kappa shape index (κ1) is 36.6. The molecule has 1 saturated heterocycles. The number of benzene rings is 3. The average Bonchev–Trinajstić information content (AvgIpc) is 3.93. The molecule has 2 saturated carbocycles. The van der Waals surface area contributed by atoms with E-state index in [0.29, 0.717) is 34.0 Å². The Balaban J connectivity index is 1.02. The summed E-state index contributed by atoms with van der Waals surface area (Å²) in [4.78, 5) is 83.0. The van der Waals surface area contributed by atoms with Crippen molar-refractivity contribution in [3.05, 3.63) is 98.0 Å². The molecule has 2 bridgehead atoms. The Labute approximate surface area is 323 Å². The number of thiazole rings is 1. The molecule has 7 atom stereocenters. The zero-order valence-corrected chi connectivity index (χ0v) is 31.7. The van der Waals surface area contributed by atoms with Gasteiger partial charge < -0.3 is 29.2 Å². The van der Waals surface area contributed by atoms with Crippen molar-refractivity contribution < 1.29 is 42.9 Å². The number of ether oxygens (including phenoxy) is 4. The Morgan fingerprint density at radius 1 is 0.836 bits per heavy atom. The number of carbonyl (C=O) groups is 5. The van der Waals surface area contributed by atoms with Gasteiger partial charge >= 0.3 is 16.8 Å². The highest BCUT2D eigenvalue weighted by Gasteiger charge is 2.69. The number of imide groups is 1. The number of rotatable bonds is 11. The molecule has 55 heavy (non-hydrogen) atoms. The van der Waals surface area contributed by atoms with Gasteiger partial charge in [0.1, 0.15) is 0 Å². The van der Waals surface area contributed by atoms with E-state index in [4.69, 9.17) is 18.9 Å². The maximum absolute atomic E-state index is 14.2. The molecule has 13 nitrogen and oxygen atoms in total. The lowest BCUT2D eigenvalue weighted by Gasteiger charge is -2.43. The van der Waals surface area contributed by atoms with Crippen molar-refractivity contribution in [2.75, 3.05) is 37.1 Å². The Morgan fingerprint density at radius 2 is 1.47 bits per heavy atom. The van der Waals surface area contributed by atoms with Crippen molar-refractivity contribution in [1.82, 2.24) is 4.98 Å². The van der Waals surface area contributed by atoms with Gasteiger partial charge in [0.25, 0.3) is 5.91 Å². The fraction of sp³-hybridized carbons (Fsp3) is 0.350. The topological polar surface area (TPSA) is 170 Å². The quantitative estimate of drug-likeness (QED) is 0.146. The largest absolute Gasteiger partial charge is 0.493 e. The van der Waals surface area contributed by atoms with Gasteiger partial charge in [0.2, 0.25) is 11.8 Å². The van der Waals surface area contributed by atoms with Crippen molar-refractivity contribution in [2.45, 2.75) is 36.5 Å². The average molecular weight is 784 g/mol. The third-order valence-electron chi connectivity index (χ3n) is 10.9. The van der Waals surface area contributed by atoms with E-state index in [0.717, 1.165) is 33.2 Å². The monoisotopic (exact) mass is 783 g/mol. The number of hydrogen-bond donors (Lipinski definition) is 2. The molecule has 0 spiro atoms. The molecule has 3 aromatic carbocycles. The predicted molar refractivity (Wildman–Crippen MR) is 203 cm³/mol. The number of thioether (sulfide) groups is 1. The lowest BCUT2D eigenvalue weighted by Crippen LogP contribution is -2.42. The van der Waals surface area contributed by atoms with Crippen LogP contribution < -0.4 is 24.6 Å². The van der Waals surface area contributed by atoms with Crippen LogP contribution in [-0.4, -0.2) is 66.8 Å². The molecule has 2 aliphatic carbocycles. The molecule has 4 unspecified atom stereocenters. The number of esters is 2. The highest BCUT2D eigenvalue weighted by molar-refractivity contribution is 8.00. The highest BCUT2D eigenvalue weighted by Crippen LogP contribution is 2.68. The molecule has 284 valence electrons. The van der Waals surface area contributed by atoms with Crippen LogP contribution >= 0.6 is 23.1 Å². The van der Waals surface area contributed by atoms with Crippen LogP contribution in [-0.2, 0) is 23.9 Å². The SMILES string of the molecule is CCOC(=O)c1ccc(NC(=O)COc2ccc([C@H]3c4sc(=O)[nH]c4SC4C3[C@H]3C[C@@H]4C4C(=O)N(c5ccc(C(=O)OCC)cc5)C(=O)C43)cc2OC)cc1. The normalized spacial score (nSPS) is 24.5. The summed E-state index contributed by atoms with van der Waals surface area (Å²) < 4.78 is 21.7. The van der Waals surface area contributed by atoms with Crippen LogP contribution in [0, 0.1) is 29.6 Å². The van der Waals surface area contributed by atoms with Gasteiger partial charge in [-0.2, -0.15) is 0 Å². The van der Waals surface area contributed by atoms with Crippen molar-refractivity contribution in [3.8, 4) is 11.5 Å². The van der Waals surface area contributed by atoms with E-state index in [-0.39, 0.29) is 65.4 Å². The van der Waals surface area contributed by atoms with Gasteiger partial charge in [-0.3, -0.25) is 24.1 Å². The van der Waals surface area contributed by atoms with Gasteiger partial charge in [0, 0.05) is 21.7 Å². The number of aromatic amines is 1. The Hall–Kier alpha value is -5.41. The summed E-state index contributed by atoms with van der Waals surface area (Å²) in [5.74, 6) is -2.54. The van der Waals surface area contributed by atoms with E-state index >= 15 is 0 Å². The van der Waals surface area contributed by atoms with Crippen LogP contribution in [0.25, 0.3) is 0 Å². The second-order valence-electron chi connectivity index (χ2n) is 13.8. The second kappa shape index (κ2) is 14.7. The summed E-state index contributed by atoms with van der Waals surface area (Å²) in [6.07, 6.45) is 0.722. The first-order chi connectivity index (χ1) is 26.6. The van der Waals surface area contributed by atoms with Gasteiger partial charge in [-0.15, -0.1) is 11.8 Å². The summed E-state index contributed by atoms with van der Waals surface area (Å²) in [5.41, 5.74) is 2.49. The van der Waals surface area contributed by atoms with Crippen LogP contribution in [0.5, 0.6) is 11.5 Å². The number of nitrogens with zero attached hydrogens (tertiary/aromatic N) is 1. The molecule has 2 aliphatic heterocycles. The fourth-order valence-corrected chi connectivity index (χ4v) is 11.7. The first-order valence-electron chi connectivity index (χ1n) is 18.0. The molecule has 4 aromatic rings.